The highest BCUT2D eigenvalue weighted by Crippen LogP contribution is 2.41. The van der Waals surface area contributed by atoms with Gasteiger partial charge in [0.25, 0.3) is 0 Å². The lowest BCUT2D eigenvalue weighted by Crippen LogP contribution is -2.41. The largest absolute Gasteiger partial charge is 0.488 e. The van der Waals surface area contributed by atoms with E-state index in [1.807, 2.05) is 0 Å². The molecule has 3 fully saturated rings. The molecule has 1 aromatic carbocycles. The maximum absolute atomic E-state index is 6.79. The lowest BCUT2D eigenvalue weighted by molar-refractivity contribution is 0.0294. The van der Waals surface area contributed by atoms with E-state index >= 15 is 0 Å². The van der Waals surface area contributed by atoms with Gasteiger partial charge in [0.1, 0.15) is 0 Å². The van der Waals surface area contributed by atoms with Gasteiger partial charge in [-0.25, -0.2) is 0 Å². The highest BCUT2D eigenvalue weighted by molar-refractivity contribution is 6.47. The zero-order valence-electron chi connectivity index (χ0n) is 19.1. The van der Waals surface area contributed by atoms with Gasteiger partial charge in [0.05, 0.1) is 24.8 Å². The molecule has 1 aromatic rings. The summed E-state index contributed by atoms with van der Waals surface area (Å²) >= 11 is 0. The lowest BCUT2D eigenvalue weighted by Gasteiger charge is -2.35. The summed E-state index contributed by atoms with van der Waals surface area (Å²) in [7, 11) is -0.220. The van der Waals surface area contributed by atoms with Gasteiger partial charge >= 0.3 is 7.12 Å². The molecule has 4 rings (SSSR count). The molecule has 4 atom stereocenters. The van der Waals surface area contributed by atoms with Gasteiger partial charge in [-0.15, -0.1) is 0 Å². The molecule has 30 heavy (non-hydrogen) atoms. The third-order valence-electron chi connectivity index (χ3n) is 7.89. The van der Waals surface area contributed by atoms with Crippen molar-refractivity contribution in [3.8, 4) is 0 Å². The number of hydrogen-bond acceptors (Lipinski definition) is 3. The molecule has 0 radical (unpaired) electrons. The highest BCUT2D eigenvalue weighted by Gasteiger charge is 2.51. The average Bonchev–Trinajstić information content (AvgIpc) is 3.26. The Morgan fingerprint density at radius 3 is 1.90 bits per heavy atom. The molecule has 1 saturated heterocycles. The summed E-state index contributed by atoms with van der Waals surface area (Å²) < 4.78 is 20.1. The summed E-state index contributed by atoms with van der Waals surface area (Å²) in [5.74, 6) is 1.75. The Morgan fingerprint density at radius 1 is 0.867 bits per heavy atom. The maximum atomic E-state index is 6.79. The van der Waals surface area contributed by atoms with Crippen LogP contribution in [-0.4, -0.2) is 25.3 Å². The monoisotopic (exact) mass is 412 g/mol. The van der Waals surface area contributed by atoms with Gasteiger partial charge in [-0.2, -0.15) is 0 Å². The van der Waals surface area contributed by atoms with Crippen LogP contribution in [0.5, 0.6) is 0 Å². The first-order chi connectivity index (χ1) is 14.8. The van der Waals surface area contributed by atoms with Gasteiger partial charge in [-0.05, 0) is 49.0 Å². The van der Waals surface area contributed by atoms with Crippen molar-refractivity contribution in [3.05, 3.63) is 35.9 Å². The summed E-state index contributed by atoms with van der Waals surface area (Å²) in [6.45, 7) is 5.16. The molecule has 0 amide bonds. The predicted molar refractivity (Wildman–Crippen MR) is 123 cm³/mol. The van der Waals surface area contributed by atoms with Crippen molar-refractivity contribution in [2.45, 2.75) is 109 Å². The van der Waals surface area contributed by atoms with E-state index in [-0.39, 0.29) is 25.3 Å². The van der Waals surface area contributed by atoms with E-state index in [1.165, 1.54) is 69.8 Å². The van der Waals surface area contributed by atoms with Gasteiger partial charge in [-0.3, -0.25) is 0 Å². The van der Waals surface area contributed by atoms with Crippen LogP contribution >= 0.6 is 0 Å². The van der Waals surface area contributed by atoms with Crippen LogP contribution < -0.4 is 0 Å². The highest BCUT2D eigenvalue weighted by atomic mass is 16.7. The van der Waals surface area contributed by atoms with Crippen molar-refractivity contribution < 1.29 is 14.0 Å². The fourth-order valence-corrected chi connectivity index (χ4v) is 5.85. The van der Waals surface area contributed by atoms with Crippen molar-refractivity contribution in [1.82, 2.24) is 0 Å². The SMILES string of the molecule is CC[C@H](C)[C@@H](OCc1ccccc1)B1O[C@@H](C2CCCCC2)[C@H](C2CCCCC2)O1. The van der Waals surface area contributed by atoms with E-state index < -0.39 is 0 Å². The minimum atomic E-state index is -0.220. The number of benzene rings is 1. The molecule has 0 aromatic heterocycles. The van der Waals surface area contributed by atoms with Crippen LogP contribution in [0.3, 0.4) is 0 Å². The van der Waals surface area contributed by atoms with Gasteiger partial charge < -0.3 is 14.0 Å². The molecule has 1 aliphatic heterocycles. The third-order valence-corrected chi connectivity index (χ3v) is 7.89. The average molecular weight is 412 g/mol. The van der Waals surface area contributed by atoms with Crippen LogP contribution in [0.15, 0.2) is 30.3 Å². The molecule has 0 N–H and O–H groups in total. The van der Waals surface area contributed by atoms with E-state index in [1.54, 1.807) is 0 Å². The predicted octanol–water partition coefficient (Wildman–Crippen LogP) is 6.59. The maximum Gasteiger partial charge on any atom is 0.488 e. The van der Waals surface area contributed by atoms with Crippen LogP contribution in [0.2, 0.25) is 0 Å². The second-order valence-electron chi connectivity index (χ2n) is 10.0. The molecule has 4 heteroatoms. The van der Waals surface area contributed by atoms with E-state index in [2.05, 4.69) is 44.2 Å². The number of rotatable bonds is 8. The Bertz CT molecular complexity index is 586. The van der Waals surface area contributed by atoms with Crippen molar-refractivity contribution in [2.24, 2.45) is 17.8 Å². The van der Waals surface area contributed by atoms with Crippen molar-refractivity contribution >= 4 is 7.12 Å². The minimum absolute atomic E-state index is 0.00473. The van der Waals surface area contributed by atoms with Crippen LogP contribution in [0.25, 0.3) is 0 Å². The molecular formula is C26H41BO3. The zero-order chi connectivity index (χ0) is 20.8. The third kappa shape index (κ3) is 5.50. The Morgan fingerprint density at radius 2 is 1.40 bits per heavy atom. The lowest BCUT2D eigenvalue weighted by atomic mass is 9.73. The summed E-state index contributed by atoms with van der Waals surface area (Å²) in [6, 6.07) is 10.5. The first kappa shape index (κ1) is 22.4. The summed E-state index contributed by atoms with van der Waals surface area (Å²) in [4.78, 5) is 0. The topological polar surface area (TPSA) is 27.7 Å². The summed E-state index contributed by atoms with van der Waals surface area (Å²) in [5.41, 5.74) is 1.22. The van der Waals surface area contributed by atoms with E-state index in [4.69, 9.17) is 14.0 Å². The van der Waals surface area contributed by atoms with Gasteiger partial charge in [0.2, 0.25) is 0 Å². The molecule has 0 bridgehead atoms. The molecule has 0 unspecified atom stereocenters. The fraction of sp³-hybridized carbons (Fsp3) is 0.769. The van der Waals surface area contributed by atoms with E-state index in [9.17, 15) is 0 Å². The molecular weight excluding hydrogens is 371 g/mol. The molecule has 1 heterocycles. The zero-order valence-corrected chi connectivity index (χ0v) is 19.1. The van der Waals surface area contributed by atoms with Crippen molar-refractivity contribution in [1.29, 1.82) is 0 Å². The first-order valence-electron chi connectivity index (χ1n) is 12.7. The van der Waals surface area contributed by atoms with Crippen molar-refractivity contribution in [2.75, 3.05) is 0 Å². The normalized spacial score (nSPS) is 28.5. The Balaban J connectivity index is 1.48. The minimum Gasteiger partial charge on any atom is -0.404 e. The second-order valence-corrected chi connectivity index (χ2v) is 10.0. The number of hydrogen-bond donors (Lipinski definition) is 0. The molecule has 166 valence electrons. The number of ether oxygens (including phenoxy) is 1. The molecule has 2 saturated carbocycles. The molecule has 2 aliphatic carbocycles. The Kier molecular flexibility index (Phi) is 8.31. The quantitative estimate of drug-likeness (QED) is 0.451. The Labute approximate surface area is 184 Å². The van der Waals surface area contributed by atoms with E-state index in [0.717, 1.165) is 6.42 Å². The Hall–Kier alpha value is -0.835. The second kappa shape index (κ2) is 11.2. The fourth-order valence-electron chi connectivity index (χ4n) is 5.85. The smallest absolute Gasteiger partial charge is 0.404 e. The van der Waals surface area contributed by atoms with Crippen molar-refractivity contribution in [3.63, 3.8) is 0 Å². The van der Waals surface area contributed by atoms with Crippen LogP contribution in [0.4, 0.5) is 0 Å². The van der Waals surface area contributed by atoms with Gasteiger partial charge in [0.15, 0.2) is 0 Å². The molecule has 0 spiro atoms. The van der Waals surface area contributed by atoms with Crippen LogP contribution in [0.1, 0.15) is 90.0 Å². The molecule has 3 aliphatic rings. The summed E-state index contributed by atoms with van der Waals surface area (Å²) in [6.07, 6.45) is 15.0. The van der Waals surface area contributed by atoms with E-state index in [0.29, 0.717) is 24.4 Å². The summed E-state index contributed by atoms with van der Waals surface area (Å²) in [5, 5.41) is 0. The first-order valence-corrected chi connectivity index (χ1v) is 12.7. The molecule has 3 nitrogen and oxygen atoms in total. The van der Waals surface area contributed by atoms with Crippen LogP contribution in [0, 0.1) is 17.8 Å². The van der Waals surface area contributed by atoms with Gasteiger partial charge in [-0.1, -0.05) is 89.1 Å². The van der Waals surface area contributed by atoms with Crippen LogP contribution in [-0.2, 0) is 20.7 Å². The van der Waals surface area contributed by atoms with Gasteiger partial charge in [0, 0.05) is 0 Å². The standard InChI is InChI=1S/C26H41BO3/c1-3-20(2)26(28-19-21-13-7-4-8-14-21)27-29-24(22-15-9-5-10-16-22)25(30-27)23-17-11-6-12-18-23/h4,7-8,13-14,20,22-26H,3,5-6,9-12,15-19H2,1-2H3/t20-,24-,25-,26+/m0/s1.